The van der Waals surface area contributed by atoms with E-state index < -0.39 is 0 Å². The highest BCUT2D eigenvalue weighted by Crippen LogP contribution is 2.38. The van der Waals surface area contributed by atoms with Crippen LogP contribution in [0.25, 0.3) is 43.3 Å². The predicted molar refractivity (Wildman–Crippen MR) is 102 cm³/mol. The Morgan fingerprint density at radius 3 is 2.75 bits per heavy atom. The highest BCUT2D eigenvalue weighted by atomic mass is 32.1. The third kappa shape index (κ3) is 1.91. The summed E-state index contributed by atoms with van der Waals surface area (Å²) in [5, 5.41) is 5.71. The van der Waals surface area contributed by atoms with Gasteiger partial charge in [0.15, 0.2) is 0 Å². The molecule has 0 saturated carbocycles. The number of pyridine rings is 1. The van der Waals surface area contributed by atoms with Gasteiger partial charge >= 0.3 is 0 Å². The number of aromatic nitrogens is 1. The van der Waals surface area contributed by atoms with Crippen molar-refractivity contribution in [3.63, 3.8) is 0 Å². The van der Waals surface area contributed by atoms with Gasteiger partial charge in [-0.2, -0.15) is 0 Å². The molecule has 24 heavy (non-hydrogen) atoms. The fraction of sp³-hybridized carbons (Fsp3) is 0.0952. The molecule has 0 bridgehead atoms. The zero-order chi connectivity index (χ0) is 16.3. The molecule has 0 radical (unpaired) electrons. The van der Waals surface area contributed by atoms with Crippen LogP contribution in [0.1, 0.15) is 11.1 Å². The van der Waals surface area contributed by atoms with E-state index in [1.165, 1.54) is 26.6 Å². The number of para-hydroxylation sites is 1. The van der Waals surface area contributed by atoms with Crippen molar-refractivity contribution in [2.24, 2.45) is 0 Å². The Kier molecular flexibility index (Phi) is 2.82. The first-order chi connectivity index (χ1) is 11.7. The van der Waals surface area contributed by atoms with Gasteiger partial charge in [-0.05, 0) is 66.1 Å². The molecule has 0 unspecified atom stereocenters. The highest BCUT2D eigenvalue weighted by Gasteiger charge is 2.14. The third-order valence-electron chi connectivity index (χ3n) is 4.72. The Hall–Kier alpha value is -2.65. The summed E-state index contributed by atoms with van der Waals surface area (Å²) in [7, 11) is 0. The number of thiophene rings is 1. The van der Waals surface area contributed by atoms with E-state index in [1.807, 2.05) is 6.20 Å². The van der Waals surface area contributed by atoms with Gasteiger partial charge in [-0.3, -0.25) is 4.98 Å². The molecule has 3 heteroatoms. The van der Waals surface area contributed by atoms with Crippen LogP contribution in [0, 0.1) is 13.8 Å². The average Bonchev–Trinajstić information content (AvgIpc) is 3.18. The average molecular weight is 329 g/mol. The molecule has 0 N–H and O–H groups in total. The highest BCUT2D eigenvalue weighted by molar-refractivity contribution is 7.17. The number of benzene rings is 2. The monoisotopic (exact) mass is 329 g/mol. The Bertz CT molecular complexity index is 1230. The van der Waals surface area contributed by atoms with Crippen LogP contribution in [0.3, 0.4) is 0 Å². The van der Waals surface area contributed by atoms with Gasteiger partial charge in [-0.25, -0.2) is 0 Å². The van der Waals surface area contributed by atoms with Crippen LogP contribution >= 0.6 is 11.3 Å². The van der Waals surface area contributed by atoms with Crippen LogP contribution in [0.4, 0.5) is 0 Å². The first kappa shape index (κ1) is 13.8. The second kappa shape index (κ2) is 4.92. The van der Waals surface area contributed by atoms with Gasteiger partial charge in [0.2, 0.25) is 0 Å². The molecule has 0 fully saturated rings. The minimum Gasteiger partial charge on any atom is -0.455 e. The van der Waals surface area contributed by atoms with Crippen molar-refractivity contribution in [1.29, 1.82) is 0 Å². The first-order valence-corrected chi connectivity index (χ1v) is 8.85. The fourth-order valence-corrected chi connectivity index (χ4v) is 4.03. The summed E-state index contributed by atoms with van der Waals surface area (Å²) in [5.41, 5.74) is 6.32. The van der Waals surface area contributed by atoms with E-state index in [1.54, 1.807) is 11.3 Å². The van der Waals surface area contributed by atoms with Crippen LogP contribution in [0.2, 0.25) is 0 Å². The van der Waals surface area contributed by atoms with Gasteiger partial charge in [0, 0.05) is 27.2 Å². The number of fused-ring (bicyclic) bond motifs is 4. The molecule has 5 aromatic rings. The normalized spacial score (nSPS) is 11.8. The fourth-order valence-electron chi connectivity index (χ4n) is 3.23. The number of hydrogen-bond donors (Lipinski definition) is 0. The molecule has 2 nitrogen and oxygen atoms in total. The van der Waals surface area contributed by atoms with E-state index in [9.17, 15) is 0 Å². The van der Waals surface area contributed by atoms with Crippen molar-refractivity contribution in [2.75, 3.05) is 0 Å². The quantitative estimate of drug-likeness (QED) is 0.352. The van der Waals surface area contributed by atoms with Gasteiger partial charge < -0.3 is 4.42 Å². The van der Waals surface area contributed by atoms with Crippen molar-refractivity contribution in [1.82, 2.24) is 4.98 Å². The number of aryl methyl sites for hydroxylation is 2. The molecule has 3 heterocycles. The number of rotatable bonds is 1. The van der Waals surface area contributed by atoms with Gasteiger partial charge in [-0.1, -0.05) is 12.1 Å². The molecule has 0 aliphatic rings. The van der Waals surface area contributed by atoms with Gasteiger partial charge in [0.25, 0.3) is 0 Å². The lowest BCUT2D eigenvalue weighted by Gasteiger charge is -2.05. The molecule has 2 aromatic carbocycles. The van der Waals surface area contributed by atoms with Crippen LogP contribution in [0.15, 0.2) is 58.5 Å². The van der Waals surface area contributed by atoms with Crippen molar-refractivity contribution in [2.45, 2.75) is 13.8 Å². The van der Waals surface area contributed by atoms with Gasteiger partial charge in [-0.15, -0.1) is 11.3 Å². The molecular weight excluding hydrogens is 314 g/mol. The van der Waals surface area contributed by atoms with E-state index in [2.05, 4.69) is 66.7 Å². The Morgan fingerprint density at radius 1 is 0.958 bits per heavy atom. The first-order valence-electron chi connectivity index (χ1n) is 7.97. The van der Waals surface area contributed by atoms with E-state index in [-0.39, 0.29) is 0 Å². The van der Waals surface area contributed by atoms with Crippen LogP contribution in [-0.4, -0.2) is 4.98 Å². The molecule has 0 saturated heterocycles. The van der Waals surface area contributed by atoms with E-state index in [4.69, 9.17) is 4.42 Å². The van der Waals surface area contributed by atoms with Crippen molar-refractivity contribution >= 4 is 43.4 Å². The molecule has 0 atom stereocenters. The molecule has 0 amide bonds. The number of nitrogens with zero attached hydrogens (tertiary/aromatic N) is 1. The SMILES string of the molecule is Cc1cnc(-c2cccc3c2oc2cc4sccc4cc23)cc1C. The third-order valence-corrected chi connectivity index (χ3v) is 5.60. The molecule has 0 aliphatic heterocycles. The Morgan fingerprint density at radius 2 is 1.88 bits per heavy atom. The van der Waals surface area contributed by atoms with E-state index in [0.29, 0.717) is 0 Å². The van der Waals surface area contributed by atoms with Gasteiger partial charge in [0.05, 0.1) is 5.69 Å². The van der Waals surface area contributed by atoms with Crippen molar-refractivity contribution < 1.29 is 4.42 Å². The molecule has 0 spiro atoms. The molecule has 5 rings (SSSR count). The van der Waals surface area contributed by atoms with Crippen LogP contribution < -0.4 is 0 Å². The zero-order valence-corrected chi connectivity index (χ0v) is 14.3. The summed E-state index contributed by atoms with van der Waals surface area (Å²) in [6.07, 6.45) is 1.93. The summed E-state index contributed by atoms with van der Waals surface area (Å²) < 4.78 is 7.51. The number of hydrogen-bond acceptors (Lipinski definition) is 3. The lowest BCUT2D eigenvalue weighted by Crippen LogP contribution is -1.88. The zero-order valence-electron chi connectivity index (χ0n) is 13.5. The topological polar surface area (TPSA) is 26.0 Å². The van der Waals surface area contributed by atoms with Crippen LogP contribution in [-0.2, 0) is 0 Å². The van der Waals surface area contributed by atoms with E-state index >= 15 is 0 Å². The summed E-state index contributed by atoms with van der Waals surface area (Å²) in [4.78, 5) is 4.62. The minimum absolute atomic E-state index is 0.918. The maximum atomic E-state index is 6.25. The van der Waals surface area contributed by atoms with Crippen molar-refractivity contribution in [3.8, 4) is 11.3 Å². The summed E-state index contributed by atoms with van der Waals surface area (Å²) in [5.74, 6) is 0. The van der Waals surface area contributed by atoms with Gasteiger partial charge in [0.1, 0.15) is 11.2 Å². The largest absolute Gasteiger partial charge is 0.455 e. The predicted octanol–water partition coefficient (Wildman–Crippen LogP) is 6.48. The second-order valence-corrected chi connectivity index (χ2v) is 7.19. The lowest BCUT2D eigenvalue weighted by molar-refractivity contribution is 0.670. The molecule has 0 aliphatic carbocycles. The standard InChI is InChI=1S/C21H15NOS/c1-12-8-18(22-11-13(12)2)16-5-3-4-15-17-9-14-6-7-24-20(14)10-19(17)23-21(15)16/h3-11H,1-2H3. The Balaban J connectivity index is 1.86. The second-order valence-electron chi connectivity index (χ2n) is 6.24. The summed E-state index contributed by atoms with van der Waals surface area (Å²) in [6.45, 7) is 4.20. The lowest BCUT2D eigenvalue weighted by atomic mass is 10.0. The molecule has 116 valence electrons. The summed E-state index contributed by atoms with van der Waals surface area (Å²) in [6, 6.07) is 15.0. The molecular formula is C21H15NOS. The summed E-state index contributed by atoms with van der Waals surface area (Å²) >= 11 is 1.74. The minimum atomic E-state index is 0.918. The van der Waals surface area contributed by atoms with Crippen LogP contribution in [0.5, 0.6) is 0 Å². The van der Waals surface area contributed by atoms with Crippen molar-refractivity contribution in [3.05, 3.63) is 65.2 Å². The van der Waals surface area contributed by atoms with E-state index in [0.717, 1.165) is 27.8 Å². The number of furan rings is 1. The maximum Gasteiger partial charge on any atom is 0.144 e. The maximum absolute atomic E-state index is 6.25. The Labute approximate surface area is 143 Å². The smallest absolute Gasteiger partial charge is 0.144 e. The molecule has 3 aromatic heterocycles.